The van der Waals surface area contributed by atoms with Crippen LogP contribution in [0.3, 0.4) is 0 Å². The van der Waals surface area contributed by atoms with Crippen LogP contribution in [-0.2, 0) is 0 Å². The van der Waals surface area contributed by atoms with Crippen LogP contribution < -0.4 is 0 Å². The Morgan fingerprint density at radius 3 is 2.33 bits per heavy atom. The van der Waals surface area contributed by atoms with Crippen molar-refractivity contribution in [1.29, 1.82) is 0 Å². The van der Waals surface area contributed by atoms with E-state index in [2.05, 4.69) is 27.0 Å². The fraction of sp³-hybridized carbons (Fsp3) is 0.929. The third kappa shape index (κ3) is 3.94. The Hall–Kier alpha value is 0.220. The molecule has 90 valence electrons. The van der Waals surface area contributed by atoms with Crippen molar-refractivity contribution < 1.29 is 0 Å². The SMILES string of the molecule is CCC(C)=S(C)C1CCCCCCC1C. The van der Waals surface area contributed by atoms with Crippen LogP contribution in [0.2, 0.25) is 0 Å². The summed E-state index contributed by atoms with van der Waals surface area (Å²) in [6, 6.07) is 0. The molecule has 0 bridgehead atoms. The van der Waals surface area contributed by atoms with Crippen LogP contribution in [-0.4, -0.2) is 16.4 Å². The van der Waals surface area contributed by atoms with Crippen molar-refractivity contribution in [3.05, 3.63) is 0 Å². The maximum absolute atomic E-state index is 2.49. The van der Waals surface area contributed by atoms with E-state index in [1.54, 1.807) is 4.86 Å². The van der Waals surface area contributed by atoms with Crippen LogP contribution in [0.15, 0.2) is 0 Å². The first kappa shape index (κ1) is 13.3. The zero-order chi connectivity index (χ0) is 11.3. The van der Waals surface area contributed by atoms with Gasteiger partial charge in [0.25, 0.3) is 0 Å². The van der Waals surface area contributed by atoms with Gasteiger partial charge in [-0.1, -0.05) is 44.4 Å². The third-order valence-electron chi connectivity index (χ3n) is 4.03. The van der Waals surface area contributed by atoms with Gasteiger partial charge >= 0.3 is 0 Å². The lowest BCUT2D eigenvalue weighted by atomic mass is 9.92. The molecule has 0 aromatic heterocycles. The van der Waals surface area contributed by atoms with Crippen molar-refractivity contribution in [1.82, 2.24) is 0 Å². The molecule has 3 unspecified atom stereocenters. The largest absolute Gasteiger partial charge is 0.187 e. The Labute approximate surface area is 98.8 Å². The quantitative estimate of drug-likeness (QED) is 0.593. The van der Waals surface area contributed by atoms with E-state index in [9.17, 15) is 0 Å². The van der Waals surface area contributed by atoms with Gasteiger partial charge in [-0.05, 0) is 38.4 Å². The zero-order valence-electron chi connectivity index (χ0n) is 11.0. The van der Waals surface area contributed by atoms with Crippen LogP contribution in [0.5, 0.6) is 0 Å². The maximum atomic E-state index is 2.49. The molecule has 0 aromatic rings. The molecule has 0 N–H and O–H groups in total. The average molecular weight is 228 g/mol. The lowest BCUT2D eigenvalue weighted by molar-refractivity contribution is 0.415. The second-order valence-corrected chi connectivity index (χ2v) is 7.54. The Morgan fingerprint density at radius 1 is 1.13 bits per heavy atom. The lowest BCUT2D eigenvalue weighted by Gasteiger charge is -2.29. The minimum atomic E-state index is 0.567. The van der Waals surface area contributed by atoms with E-state index in [-0.39, 0.29) is 0 Å². The van der Waals surface area contributed by atoms with Gasteiger partial charge in [-0.15, -0.1) is 0 Å². The van der Waals surface area contributed by atoms with Gasteiger partial charge in [-0.2, -0.15) is 10.5 Å². The molecule has 1 saturated carbocycles. The molecule has 0 spiro atoms. The normalized spacial score (nSPS) is 31.6. The van der Waals surface area contributed by atoms with E-state index in [4.69, 9.17) is 0 Å². The Kier molecular flexibility index (Phi) is 5.96. The number of hydrogen-bond donors (Lipinski definition) is 0. The second-order valence-electron chi connectivity index (χ2n) is 5.12. The van der Waals surface area contributed by atoms with Gasteiger partial charge in [0.2, 0.25) is 0 Å². The van der Waals surface area contributed by atoms with Crippen LogP contribution in [0.4, 0.5) is 0 Å². The molecule has 0 nitrogen and oxygen atoms in total. The van der Waals surface area contributed by atoms with Gasteiger partial charge in [0.15, 0.2) is 0 Å². The van der Waals surface area contributed by atoms with Gasteiger partial charge in [-0.25, -0.2) is 0 Å². The highest BCUT2D eigenvalue weighted by Crippen LogP contribution is 2.35. The summed E-state index contributed by atoms with van der Waals surface area (Å²) in [6.07, 6.45) is 12.6. The Bertz CT molecular complexity index is 217. The molecule has 0 aliphatic heterocycles. The van der Waals surface area contributed by atoms with Crippen molar-refractivity contribution in [2.24, 2.45) is 5.92 Å². The first-order valence-corrected chi connectivity index (χ1v) is 8.33. The van der Waals surface area contributed by atoms with Gasteiger partial charge < -0.3 is 0 Å². The topological polar surface area (TPSA) is 0 Å². The van der Waals surface area contributed by atoms with E-state index < -0.39 is 0 Å². The van der Waals surface area contributed by atoms with Crippen molar-refractivity contribution in [3.63, 3.8) is 0 Å². The molecular weight excluding hydrogens is 200 g/mol. The van der Waals surface area contributed by atoms with E-state index in [1.807, 2.05) is 0 Å². The molecule has 0 radical (unpaired) electrons. The zero-order valence-corrected chi connectivity index (χ0v) is 11.8. The summed E-state index contributed by atoms with van der Waals surface area (Å²) in [4.78, 5) is 1.74. The summed E-state index contributed by atoms with van der Waals surface area (Å²) >= 11 is 0. The highest BCUT2D eigenvalue weighted by Gasteiger charge is 2.20. The fourth-order valence-electron chi connectivity index (χ4n) is 2.65. The van der Waals surface area contributed by atoms with Crippen LogP contribution in [0.25, 0.3) is 0 Å². The van der Waals surface area contributed by atoms with Crippen LogP contribution >= 0.6 is 10.5 Å². The van der Waals surface area contributed by atoms with Gasteiger partial charge in [-0.3, -0.25) is 0 Å². The van der Waals surface area contributed by atoms with Crippen molar-refractivity contribution in [3.8, 4) is 0 Å². The molecular formula is C14H28S. The molecule has 1 aliphatic carbocycles. The van der Waals surface area contributed by atoms with Gasteiger partial charge in [0.05, 0.1) is 0 Å². The predicted octanol–water partition coefficient (Wildman–Crippen LogP) is 4.85. The summed E-state index contributed by atoms with van der Waals surface area (Å²) < 4.78 is 0. The van der Waals surface area contributed by atoms with Crippen LogP contribution in [0, 0.1) is 5.92 Å². The van der Waals surface area contributed by atoms with E-state index in [0.29, 0.717) is 10.5 Å². The monoisotopic (exact) mass is 228 g/mol. The van der Waals surface area contributed by atoms with E-state index >= 15 is 0 Å². The summed E-state index contributed by atoms with van der Waals surface area (Å²) in [7, 11) is 0.567. The molecule has 0 amide bonds. The first-order valence-electron chi connectivity index (χ1n) is 6.64. The Morgan fingerprint density at radius 2 is 1.73 bits per heavy atom. The Balaban J connectivity index is 2.70. The molecule has 0 aromatic carbocycles. The third-order valence-corrected chi connectivity index (χ3v) is 7.03. The molecule has 1 aliphatic rings. The smallest absolute Gasteiger partial charge is 0.00200 e. The van der Waals surface area contributed by atoms with E-state index in [1.165, 1.54) is 44.9 Å². The summed E-state index contributed by atoms with van der Waals surface area (Å²) in [5.74, 6) is 0.958. The van der Waals surface area contributed by atoms with Gasteiger partial charge in [0.1, 0.15) is 0 Å². The molecule has 0 saturated heterocycles. The number of rotatable bonds is 2. The average Bonchev–Trinajstić information content (AvgIpc) is 2.22. The number of hydrogen-bond acceptors (Lipinski definition) is 0. The molecule has 3 atom stereocenters. The summed E-state index contributed by atoms with van der Waals surface area (Å²) in [5, 5.41) is 0.991. The van der Waals surface area contributed by atoms with Crippen LogP contribution in [0.1, 0.15) is 65.7 Å². The molecule has 1 fully saturated rings. The molecule has 0 heterocycles. The second kappa shape index (κ2) is 6.73. The maximum Gasteiger partial charge on any atom is 0.00200 e. The van der Waals surface area contributed by atoms with Crippen molar-refractivity contribution >= 4 is 15.3 Å². The highest BCUT2D eigenvalue weighted by atomic mass is 32.2. The fourth-order valence-corrected chi connectivity index (χ4v) is 4.97. The molecule has 1 heteroatoms. The summed E-state index contributed by atoms with van der Waals surface area (Å²) in [6.45, 7) is 7.17. The first-order chi connectivity index (χ1) is 7.16. The predicted molar refractivity (Wildman–Crippen MR) is 75.1 cm³/mol. The minimum absolute atomic E-state index is 0.567. The van der Waals surface area contributed by atoms with E-state index in [0.717, 1.165) is 11.2 Å². The lowest BCUT2D eigenvalue weighted by Crippen LogP contribution is -2.19. The van der Waals surface area contributed by atoms with Gasteiger partial charge in [0, 0.05) is 5.25 Å². The summed E-state index contributed by atoms with van der Waals surface area (Å²) in [5.41, 5.74) is 0. The molecule has 1 rings (SSSR count). The van der Waals surface area contributed by atoms with Crippen molar-refractivity contribution in [2.45, 2.75) is 71.0 Å². The highest BCUT2D eigenvalue weighted by molar-refractivity contribution is 8.15. The van der Waals surface area contributed by atoms with Crippen molar-refractivity contribution in [2.75, 3.05) is 6.26 Å². The molecule has 15 heavy (non-hydrogen) atoms. The standard InChI is InChI=1S/C14H28S/c1-5-13(3)15(4)14-11-9-7-6-8-10-12(14)2/h12,14H,5-11H2,1-4H3. The minimum Gasteiger partial charge on any atom is -0.187 e.